The first-order valence-electron chi connectivity index (χ1n) is 12.0. The van der Waals surface area contributed by atoms with Gasteiger partial charge >= 0.3 is 12.7 Å². The van der Waals surface area contributed by atoms with E-state index >= 15 is 0 Å². The van der Waals surface area contributed by atoms with Crippen molar-refractivity contribution in [2.45, 2.75) is 38.9 Å². The number of hydrogen-bond acceptors (Lipinski definition) is 6. The molecule has 3 rings (SSSR count). The number of aliphatic hydroxyl groups is 1. The highest BCUT2D eigenvalue weighted by molar-refractivity contribution is 6.03. The van der Waals surface area contributed by atoms with Gasteiger partial charge in [0.1, 0.15) is 23.1 Å². The lowest BCUT2D eigenvalue weighted by atomic mass is 9.82. The van der Waals surface area contributed by atoms with Gasteiger partial charge in [-0.05, 0) is 67.8 Å². The monoisotopic (exact) mass is 589 g/mol. The molecule has 1 heterocycles. The van der Waals surface area contributed by atoms with Gasteiger partial charge in [0, 0.05) is 25.2 Å². The number of halogens is 7. The van der Waals surface area contributed by atoms with Crippen LogP contribution in [0.4, 0.5) is 42.2 Å². The third-order valence-corrected chi connectivity index (χ3v) is 6.05. The molecule has 0 aliphatic heterocycles. The number of hydrogen-bond donors (Lipinski definition) is 2. The smallest absolute Gasteiger partial charge is 0.406 e. The molecule has 0 radical (unpaired) electrons. The summed E-state index contributed by atoms with van der Waals surface area (Å²) < 4.78 is 98.9. The molecule has 2 aromatic carbocycles. The van der Waals surface area contributed by atoms with Crippen molar-refractivity contribution in [1.82, 2.24) is 4.98 Å². The lowest BCUT2D eigenvalue weighted by molar-refractivity contribution is -0.276. The Morgan fingerprint density at radius 3 is 2.05 bits per heavy atom. The van der Waals surface area contributed by atoms with Crippen molar-refractivity contribution in [3.05, 3.63) is 65.6 Å². The van der Waals surface area contributed by atoms with Crippen LogP contribution in [0.3, 0.4) is 0 Å². The number of likely N-dealkylation sites (N-methyl/N-ethyl adjacent to an activating group) is 1. The zero-order valence-electron chi connectivity index (χ0n) is 22.2. The molecule has 7 nitrogen and oxygen atoms in total. The largest absolute Gasteiger partial charge is 0.573 e. The molecule has 0 saturated heterocycles. The van der Waals surface area contributed by atoms with Gasteiger partial charge in [-0.1, -0.05) is 6.07 Å². The molecule has 2 N–H and O–H groups in total. The van der Waals surface area contributed by atoms with Crippen molar-refractivity contribution in [3.8, 4) is 22.6 Å². The van der Waals surface area contributed by atoms with E-state index < -0.39 is 41.4 Å². The minimum absolute atomic E-state index is 0.161. The maximum Gasteiger partial charge on any atom is 0.573 e. The van der Waals surface area contributed by atoms with Crippen molar-refractivity contribution in [2.75, 3.05) is 30.4 Å². The molecule has 222 valence electrons. The van der Waals surface area contributed by atoms with E-state index in [0.29, 0.717) is 28.6 Å². The Bertz CT molecular complexity index is 1370. The molecule has 41 heavy (non-hydrogen) atoms. The van der Waals surface area contributed by atoms with Gasteiger partial charge in [0.2, 0.25) is 5.91 Å². The molecule has 0 unspecified atom stereocenters. The topological polar surface area (TPSA) is 83.9 Å². The van der Waals surface area contributed by atoms with Crippen molar-refractivity contribution >= 4 is 17.4 Å². The van der Waals surface area contributed by atoms with Crippen molar-refractivity contribution < 1.29 is 50.1 Å². The zero-order valence-corrected chi connectivity index (χ0v) is 22.2. The Morgan fingerprint density at radius 2 is 1.54 bits per heavy atom. The van der Waals surface area contributed by atoms with Gasteiger partial charge in [-0.3, -0.25) is 4.79 Å². The highest BCUT2D eigenvalue weighted by atomic mass is 19.4. The summed E-state index contributed by atoms with van der Waals surface area (Å²) >= 11 is 0. The maximum absolute atomic E-state index is 13.8. The van der Waals surface area contributed by atoms with Gasteiger partial charge in [0.25, 0.3) is 0 Å². The second-order valence-electron chi connectivity index (χ2n) is 9.47. The third kappa shape index (κ3) is 7.99. The number of aliphatic hydroxyl groups excluding tert-OH is 1. The Balaban J connectivity index is 2.10. The number of benzene rings is 2. The number of amides is 1. The first-order valence-corrected chi connectivity index (χ1v) is 12.0. The van der Waals surface area contributed by atoms with E-state index in [-0.39, 0.29) is 24.4 Å². The van der Waals surface area contributed by atoms with Crippen LogP contribution in [0.25, 0.3) is 11.1 Å². The molecule has 14 heteroatoms. The molecule has 0 saturated carbocycles. The van der Waals surface area contributed by atoms with E-state index in [2.05, 4.69) is 19.8 Å². The van der Waals surface area contributed by atoms with Crippen LogP contribution in [-0.2, 0) is 10.2 Å². The molecular formula is C27H26F7N3O4. The number of carbonyl (C=O) groups is 1. The molecule has 0 aliphatic rings. The third-order valence-electron chi connectivity index (χ3n) is 6.05. The van der Waals surface area contributed by atoms with Crippen LogP contribution in [0.5, 0.6) is 11.5 Å². The first kappa shape index (κ1) is 31.5. The molecule has 0 atom stereocenters. The SMILES string of the molecule is Cc1cc(F)ccc1-c1cc(NCCO)ncc1N(C)C(=O)C(C)(C)c1cc(OC(F)(F)F)cc(OC(F)(F)F)c1. The fourth-order valence-corrected chi connectivity index (χ4v) is 4.11. The van der Waals surface area contributed by atoms with Crippen LogP contribution >= 0.6 is 0 Å². The predicted octanol–water partition coefficient (Wildman–Crippen LogP) is 6.34. The summed E-state index contributed by atoms with van der Waals surface area (Å²) in [4.78, 5) is 19.2. The van der Waals surface area contributed by atoms with Crippen LogP contribution in [0.2, 0.25) is 0 Å². The molecule has 0 spiro atoms. The Morgan fingerprint density at radius 1 is 0.951 bits per heavy atom. The number of nitrogens with one attached hydrogen (secondary N) is 1. The molecule has 0 bridgehead atoms. The van der Waals surface area contributed by atoms with Crippen LogP contribution in [0.15, 0.2) is 48.7 Å². The lowest BCUT2D eigenvalue weighted by Crippen LogP contribution is -2.42. The van der Waals surface area contributed by atoms with Gasteiger partial charge in [0.05, 0.1) is 23.9 Å². The van der Waals surface area contributed by atoms with Gasteiger partial charge in [0.15, 0.2) is 0 Å². The van der Waals surface area contributed by atoms with Crippen LogP contribution in [0.1, 0.15) is 25.0 Å². The van der Waals surface area contributed by atoms with E-state index in [4.69, 9.17) is 5.11 Å². The fourth-order valence-electron chi connectivity index (χ4n) is 4.11. The van der Waals surface area contributed by atoms with Gasteiger partial charge in [-0.2, -0.15) is 0 Å². The Kier molecular flexibility index (Phi) is 9.06. The number of aryl methyl sites for hydroxylation is 1. The lowest BCUT2D eigenvalue weighted by Gasteiger charge is -2.31. The van der Waals surface area contributed by atoms with Crippen molar-refractivity contribution in [3.63, 3.8) is 0 Å². The number of ether oxygens (including phenoxy) is 2. The highest BCUT2D eigenvalue weighted by Gasteiger charge is 2.38. The van der Waals surface area contributed by atoms with Crippen LogP contribution < -0.4 is 19.7 Å². The van der Waals surface area contributed by atoms with E-state index in [0.717, 1.165) is 17.0 Å². The minimum atomic E-state index is -5.22. The summed E-state index contributed by atoms with van der Waals surface area (Å²) in [6.07, 6.45) is -9.12. The minimum Gasteiger partial charge on any atom is -0.406 e. The quantitative estimate of drug-likeness (QED) is 0.284. The molecule has 3 aromatic rings. The van der Waals surface area contributed by atoms with E-state index in [9.17, 15) is 35.5 Å². The molecule has 0 fully saturated rings. The van der Waals surface area contributed by atoms with Crippen LogP contribution in [0, 0.1) is 12.7 Å². The summed E-state index contributed by atoms with van der Waals surface area (Å²) in [6, 6.07) is 7.55. The molecule has 0 aliphatic carbocycles. The second-order valence-corrected chi connectivity index (χ2v) is 9.47. The number of nitrogens with zero attached hydrogens (tertiary/aromatic N) is 2. The number of carbonyl (C=O) groups excluding carboxylic acids is 1. The highest BCUT2D eigenvalue weighted by Crippen LogP contribution is 2.39. The Labute approximate surface area is 230 Å². The van der Waals surface area contributed by atoms with E-state index in [1.54, 1.807) is 13.0 Å². The number of pyridine rings is 1. The second kappa shape index (κ2) is 11.8. The fraction of sp³-hybridized carbons (Fsp3) is 0.333. The summed E-state index contributed by atoms with van der Waals surface area (Å²) in [6.45, 7) is 4.23. The molecular weight excluding hydrogens is 563 g/mol. The van der Waals surface area contributed by atoms with Gasteiger partial charge in [-0.15, -0.1) is 26.3 Å². The summed E-state index contributed by atoms with van der Waals surface area (Å²) in [7, 11) is 1.35. The number of aromatic nitrogens is 1. The number of anilines is 2. The number of alkyl halides is 6. The normalized spacial score (nSPS) is 12.2. The van der Waals surface area contributed by atoms with Gasteiger partial charge < -0.3 is 24.8 Å². The predicted molar refractivity (Wildman–Crippen MR) is 136 cm³/mol. The Hall–Kier alpha value is -4.07. The van der Waals surface area contributed by atoms with E-state index in [1.165, 1.54) is 45.3 Å². The first-order chi connectivity index (χ1) is 18.9. The molecule has 1 amide bonds. The van der Waals surface area contributed by atoms with Gasteiger partial charge in [-0.25, -0.2) is 9.37 Å². The maximum atomic E-state index is 13.8. The van der Waals surface area contributed by atoms with Crippen molar-refractivity contribution in [1.29, 1.82) is 0 Å². The van der Waals surface area contributed by atoms with Crippen LogP contribution in [-0.4, -0.2) is 48.9 Å². The van der Waals surface area contributed by atoms with E-state index in [1.807, 2.05) is 0 Å². The number of rotatable bonds is 9. The summed E-state index contributed by atoms with van der Waals surface area (Å²) in [5.74, 6) is -2.93. The summed E-state index contributed by atoms with van der Waals surface area (Å²) in [5, 5.41) is 12.0. The summed E-state index contributed by atoms with van der Waals surface area (Å²) in [5.41, 5.74) is -0.316. The molecule has 1 aromatic heterocycles. The standard InChI is InChI=1S/C27H26F7N3O4/c1-15-9-17(28)5-6-20(15)21-13-23(35-7-8-38)36-14-22(21)37(4)24(39)25(2,3)16-10-18(40-26(29,30)31)12-19(11-16)41-27(32,33)34/h5-6,9-14,38H,7-8H2,1-4H3,(H,35,36). The average molecular weight is 590 g/mol. The van der Waals surface area contributed by atoms with Crippen molar-refractivity contribution in [2.24, 2.45) is 0 Å². The zero-order chi connectivity index (χ0) is 30.8. The average Bonchev–Trinajstić information content (AvgIpc) is 2.84.